The number of methoxy groups -OCH3 is 3. The van der Waals surface area contributed by atoms with Crippen LogP contribution in [0.5, 0.6) is 17.2 Å². The minimum absolute atomic E-state index is 0.108. The number of likely N-dealkylation sites (N-methyl/N-ethyl adjacent to an activating group) is 1. The number of rotatable bonds is 10. The van der Waals surface area contributed by atoms with E-state index in [-0.39, 0.29) is 18.2 Å². The second-order valence-electron chi connectivity index (χ2n) is 7.90. The highest BCUT2D eigenvalue weighted by molar-refractivity contribution is 6.04. The second-order valence-corrected chi connectivity index (χ2v) is 7.90. The summed E-state index contributed by atoms with van der Waals surface area (Å²) in [6.07, 6.45) is 3.36. The highest BCUT2D eigenvalue weighted by Crippen LogP contribution is 2.38. The van der Waals surface area contributed by atoms with Crippen LogP contribution in [-0.4, -0.2) is 56.6 Å². The molecule has 1 aromatic heterocycles. The molecule has 2 amide bonds. The van der Waals surface area contributed by atoms with Crippen molar-refractivity contribution >= 4 is 17.5 Å². The largest absolute Gasteiger partial charge is 0.493 e. The zero-order chi connectivity index (χ0) is 25.4. The maximum absolute atomic E-state index is 12.9. The lowest BCUT2D eigenvalue weighted by molar-refractivity contribution is -0.129. The van der Waals surface area contributed by atoms with Gasteiger partial charge in [0.1, 0.15) is 0 Å². The third kappa shape index (κ3) is 6.48. The van der Waals surface area contributed by atoms with Crippen LogP contribution in [0.3, 0.4) is 0 Å². The predicted octanol–water partition coefficient (Wildman–Crippen LogP) is 3.06. The van der Waals surface area contributed by atoms with Crippen LogP contribution in [-0.2, 0) is 11.2 Å². The summed E-state index contributed by atoms with van der Waals surface area (Å²) in [5, 5.41) is 2.81. The summed E-state index contributed by atoms with van der Waals surface area (Å²) >= 11 is 0. The molecule has 0 spiro atoms. The van der Waals surface area contributed by atoms with Crippen LogP contribution >= 0.6 is 0 Å². The van der Waals surface area contributed by atoms with E-state index in [0.29, 0.717) is 35.0 Å². The topological polar surface area (TPSA) is 116 Å². The fourth-order valence-corrected chi connectivity index (χ4v) is 3.57. The van der Waals surface area contributed by atoms with Gasteiger partial charge in [-0.15, -0.1) is 0 Å². The molecule has 35 heavy (non-hydrogen) atoms. The lowest BCUT2D eigenvalue weighted by Gasteiger charge is -2.22. The maximum atomic E-state index is 12.9. The van der Waals surface area contributed by atoms with Crippen molar-refractivity contribution in [1.29, 1.82) is 0 Å². The lowest BCUT2D eigenvalue weighted by atomic mass is 10.0. The lowest BCUT2D eigenvalue weighted by Crippen LogP contribution is -2.35. The molecule has 0 aliphatic carbocycles. The number of carbonyl (C=O) groups excluding carboxylic acids is 2. The first-order valence-electron chi connectivity index (χ1n) is 11.0. The first kappa shape index (κ1) is 25.5. The quantitative estimate of drug-likeness (QED) is 0.460. The Labute approximate surface area is 204 Å². The van der Waals surface area contributed by atoms with Crippen molar-refractivity contribution in [3.05, 3.63) is 77.6 Å². The van der Waals surface area contributed by atoms with E-state index in [9.17, 15) is 9.59 Å². The van der Waals surface area contributed by atoms with Gasteiger partial charge < -0.3 is 30.2 Å². The van der Waals surface area contributed by atoms with Gasteiger partial charge in [-0.3, -0.25) is 14.6 Å². The van der Waals surface area contributed by atoms with E-state index in [1.54, 1.807) is 72.9 Å². The number of hydrogen-bond donors (Lipinski definition) is 2. The number of amides is 2. The van der Waals surface area contributed by atoms with Crippen LogP contribution in [0.1, 0.15) is 27.5 Å². The van der Waals surface area contributed by atoms with E-state index in [2.05, 4.69) is 10.3 Å². The van der Waals surface area contributed by atoms with Gasteiger partial charge in [0.2, 0.25) is 11.7 Å². The fourth-order valence-electron chi connectivity index (χ4n) is 3.57. The van der Waals surface area contributed by atoms with Crippen molar-refractivity contribution < 1.29 is 23.8 Å². The molecule has 2 aromatic carbocycles. The Bertz CT molecular complexity index is 1130. The Hall–Kier alpha value is -4.11. The van der Waals surface area contributed by atoms with Gasteiger partial charge in [0.25, 0.3) is 5.91 Å². The number of carbonyl (C=O) groups is 2. The van der Waals surface area contributed by atoms with Crippen LogP contribution in [0.15, 0.2) is 60.9 Å². The molecule has 1 atom stereocenters. The highest BCUT2D eigenvalue weighted by atomic mass is 16.5. The average Bonchev–Trinajstić information content (AvgIpc) is 2.88. The van der Waals surface area contributed by atoms with E-state index in [1.807, 2.05) is 0 Å². The number of nitrogens with two attached hydrogens (primary N) is 1. The number of ether oxygens (including phenoxy) is 3. The summed E-state index contributed by atoms with van der Waals surface area (Å²) in [5.41, 5.74) is 9.07. The molecule has 9 heteroatoms. The van der Waals surface area contributed by atoms with E-state index >= 15 is 0 Å². The second kappa shape index (κ2) is 11.8. The molecular formula is C26H30N4O5. The predicted molar refractivity (Wildman–Crippen MR) is 133 cm³/mol. The van der Waals surface area contributed by atoms with Crippen molar-refractivity contribution in [2.75, 3.05) is 40.2 Å². The number of aromatic nitrogens is 1. The van der Waals surface area contributed by atoms with Gasteiger partial charge in [0.15, 0.2) is 11.5 Å². The summed E-state index contributed by atoms with van der Waals surface area (Å²) in [5.74, 6) is 1.11. The highest BCUT2D eigenvalue weighted by Gasteiger charge is 2.19. The van der Waals surface area contributed by atoms with Crippen LogP contribution in [0.25, 0.3) is 0 Å². The van der Waals surface area contributed by atoms with Crippen LogP contribution in [0, 0.1) is 0 Å². The van der Waals surface area contributed by atoms with Gasteiger partial charge >= 0.3 is 0 Å². The number of nitrogens with zero attached hydrogens (tertiary/aromatic N) is 2. The van der Waals surface area contributed by atoms with E-state index in [0.717, 1.165) is 11.1 Å². The third-order valence-electron chi connectivity index (χ3n) is 5.52. The van der Waals surface area contributed by atoms with Crippen molar-refractivity contribution in [2.24, 2.45) is 5.73 Å². The van der Waals surface area contributed by atoms with Gasteiger partial charge in [-0.25, -0.2) is 0 Å². The van der Waals surface area contributed by atoms with E-state index < -0.39 is 6.04 Å². The summed E-state index contributed by atoms with van der Waals surface area (Å²) in [6, 6.07) is 13.5. The Balaban J connectivity index is 1.61. The monoisotopic (exact) mass is 478 g/mol. The van der Waals surface area contributed by atoms with Crippen molar-refractivity contribution in [3.63, 3.8) is 0 Å². The Morgan fingerprint density at radius 3 is 2.11 bits per heavy atom. The van der Waals surface area contributed by atoms with Crippen LogP contribution < -0.4 is 25.3 Å². The van der Waals surface area contributed by atoms with Gasteiger partial charge in [-0.2, -0.15) is 0 Å². The molecule has 9 nitrogen and oxygen atoms in total. The number of nitrogens with one attached hydrogen (secondary N) is 1. The molecule has 0 bridgehead atoms. The molecule has 0 radical (unpaired) electrons. The zero-order valence-electron chi connectivity index (χ0n) is 20.3. The number of anilines is 1. The van der Waals surface area contributed by atoms with Gasteiger partial charge in [-0.05, 0) is 47.5 Å². The first-order valence-corrected chi connectivity index (χ1v) is 11.0. The van der Waals surface area contributed by atoms with Crippen LogP contribution in [0.4, 0.5) is 5.69 Å². The fraction of sp³-hybridized carbons (Fsp3) is 0.269. The summed E-state index contributed by atoms with van der Waals surface area (Å²) in [6.45, 7) is 0.311. The Kier molecular flexibility index (Phi) is 8.63. The molecule has 3 rings (SSSR count). The van der Waals surface area contributed by atoms with Gasteiger partial charge in [0, 0.05) is 43.3 Å². The summed E-state index contributed by atoms with van der Waals surface area (Å²) in [4.78, 5) is 30.8. The molecule has 0 aliphatic rings. The average molecular weight is 479 g/mol. The van der Waals surface area contributed by atoms with Crippen molar-refractivity contribution in [2.45, 2.75) is 12.5 Å². The Morgan fingerprint density at radius 2 is 1.57 bits per heavy atom. The zero-order valence-corrected chi connectivity index (χ0v) is 20.3. The number of benzene rings is 2. The molecule has 3 aromatic rings. The molecule has 0 saturated carbocycles. The molecule has 184 valence electrons. The van der Waals surface area contributed by atoms with Crippen molar-refractivity contribution in [1.82, 2.24) is 9.88 Å². The normalized spacial score (nSPS) is 11.3. The number of pyridine rings is 1. The molecular weight excluding hydrogens is 448 g/mol. The minimum Gasteiger partial charge on any atom is -0.493 e. The molecule has 1 heterocycles. The maximum Gasteiger partial charge on any atom is 0.255 e. The van der Waals surface area contributed by atoms with Gasteiger partial charge in [0.05, 0.1) is 27.8 Å². The number of hydrogen-bond acceptors (Lipinski definition) is 7. The smallest absolute Gasteiger partial charge is 0.255 e. The molecule has 0 aliphatic heterocycles. The third-order valence-corrected chi connectivity index (χ3v) is 5.52. The van der Waals surface area contributed by atoms with E-state index in [4.69, 9.17) is 19.9 Å². The SMILES string of the molecule is COc1cc(CC(=O)N(C)CC(N)c2ccc(C(=O)Nc3ccncc3)cc2)cc(OC)c1OC. The summed E-state index contributed by atoms with van der Waals surface area (Å²) in [7, 11) is 6.29. The van der Waals surface area contributed by atoms with Crippen molar-refractivity contribution in [3.8, 4) is 17.2 Å². The molecule has 0 fully saturated rings. The first-order chi connectivity index (χ1) is 16.9. The van der Waals surface area contributed by atoms with Crippen LogP contribution in [0.2, 0.25) is 0 Å². The van der Waals surface area contributed by atoms with E-state index in [1.165, 1.54) is 21.3 Å². The molecule has 1 unspecified atom stereocenters. The molecule has 0 saturated heterocycles. The Morgan fingerprint density at radius 1 is 0.971 bits per heavy atom. The molecule has 3 N–H and O–H groups in total. The minimum atomic E-state index is -0.416. The summed E-state index contributed by atoms with van der Waals surface area (Å²) < 4.78 is 16.1. The standard InChI is InChI=1S/C26H30N4O5/c1-30(24(31)15-17-13-22(33-2)25(35-4)23(14-17)34-3)16-21(27)18-5-7-19(8-6-18)26(32)29-20-9-11-28-12-10-20/h5-14,21H,15-16,27H2,1-4H3,(H,28,29,32). The van der Waals surface area contributed by atoms with Gasteiger partial charge in [-0.1, -0.05) is 12.1 Å².